The van der Waals surface area contributed by atoms with Crippen molar-refractivity contribution in [3.8, 4) is 0 Å². The number of anilines is 1. The number of aromatic nitrogens is 2. The highest BCUT2D eigenvalue weighted by Gasteiger charge is 2.22. The molecule has 0 fully saturated rings. The maximum atomic E-state index is 13.3. The third-order valence-electron chi connectivity index (χ3n) is 4.18. The minimum absolute atomic E-state index is 0.0930. The molecule has 0 bridgehead atoms. The Morgan fingerprint density at radius 1 is 1.34 bits per heavy atom. The fraction of sp³-hybridized carbons (Fsp3) is 0.450. The van der Waals surface area contributed by atoms with E-state index < -0.39 is 23.9 Å². The summed E-state index contributed by atoms with van der Waals surface area (Å²) in [6.45, 7) is 4.10. The maximum absolute atomic E-state index is 13.3. The zero-order valence-corrected chi connectivity index (χ0v) is 16.7. The highest BCUT2D eigenvalue weighted by Crippen LogP contribution is 2.18. The fourth-order valence-corrected chi connectivity index (χ4v) is 2.73. The molecule has 0 saturated heterocycles. The predicted molar refractivity (Wildman–Crippen MR) is 106 cm³/mol. The molecule has 29 heavy (non-hydrogen) atoms. The monoisotopic (exact) mass is 406 g/mol. The molecule has 2 amide bonds. The Bertz CT molecular complexity index is 825. The molecule has 1 atom stereocenters. The second-order valence-corrected chi connectivity index (χ2v) is 6.54. The zero-order valence-electron chi connectivity index (χ0n) is 16.7. The number of benzene rings is 1. The summed E-state index contributed by atoms with van der Waals surface area (Å²) >= 11 is 0. The fourth-order valence-electron chi connectivity index (χ4n) is 2.73. The van der Waals surface area contributed by atoms with Crippen LogP contribution >= 0.6 is 0 Å². The van der Waals surface area contributed by atoms with Gasteiger partial charge in [-0.1, -0.05) is 31.9 Å². The van der Waals surface area contributed by atoms with Gasteiger partial charge in [0, 0.05) is 6.54 Å². The molecule has 0 spiro atoms. The molecule has 0 radical (unpaired) electrons. The molecule has 1 aromatic heterocycles. The van der Waals surface area contributed by atoms with Gasteiger partial charge in [-0.15, -0.1) is 0 Å². The van der Waals surface area contributed by atoms with E-state index in [0.29, 0.717) is 12.0 Å². The summed E-state index contributed by atoms with van der Waals surface area (Å²) in [4.78, 5) is 24.5. The summed E-state index contributed by atoms with van der Waals surface area (Å²) in [5, 5.41) is 19.5. The van der Waals surface area contributed by atoms with Crippen LogP contribution in [0, 0.1) is 5.82 Å². The van der Waals surface area contributed by atoms with Crippen LogP contribution in [0.1, 0.15) is 49.0 Å². The highest BCUT2D eigenvalue weighted by atomic mass is 19.1. The van der Waals surface area contributed by atoms with Crippen LogP contribution in [0.25, 0.3) is 0 Å². The molecule has 3 N–H and O–H groups in total. The lowest BCUT2D eigenvalue weighted by molar-refractivity contribution is 0.0527. The van der Waals surface area contributed by atoms with E-state index in [2.05, 4.69) is 15.7 Å². The van der Waals surface area contributed by atoms with Crippen LogP contribution < -0.4 is 10.6 Å². The average molecular weight is 406 g/mol. The van der Waals surface area contributed by atoms with Gasteiger partial charge in [-0.05, 0) is 31.0 Å². The van der Waals surface area contributed by atoms with Gasteiger partial charge in [-0.25, -0.2) is 18.7 Å². The van der Waals surface area contributed by atoms with Gasteiger partial charge in [0.05, 0.1) is 25.5 Å². The molecule has 8 nitrogen and oxygen atoms in total. The minimum atomic E-state index is -0.666. The van der Waals surface area contributed by atoms with Gasteiger partial charge in [0.1, 0.15) is 17.2 Å². The maximum Gasteiger partial charge on any atom is 0.343 e. The third kappa shape index (κ3) is 6.86. The third-order valence-corrected chi connectivity index (χ3v) is 4.18. The van der Waals surface area contributed by atoms with Crippen LogP contribution in [-0.2, 0) is 17.8 Å². The molecule has 0 aliphatic carbocycles. The van der Waals surface area contributed by atoms with Crippen molar-refractivity contribution in [2.75, 3.05) is 11.9 Å². The largest absolute Gasteiger partial charge is 0.462 e. The second kappa shape index (κ2) is 11.2. The summed E-state index contributed by atoms with van der Waals surface area (Å²) in [7, 11) is 0. The number of hydrogen-bond donors (Lipinski definition) is 3. The number of ether oxygens (including phenoxy) is 1. The van der Waals surface area contributed by atoms with Gasteiger partial charge < -0.3 is 15.2 Å². The Hall–Kier alpha value is -2.94. The van der Waals surface area contributed by atoms with Gasteiger partial charge in [-0.2, -0.15) is 5.10 Å². The quantitative estimate of drug-likeness (QED) is 0.526. The van der Waals surface area contributed by atoms with E-state index in [9.17, 15) is 19.1 Å². The number of carbonyl (C=O) groups is 2. The topological polar surface area (TPSA) is 105 Å². The summed E-state index contributed by atoms with van der Waals surface area (Å²) in [5.41, 5.74) is 0.685. The number of unbranched alkanes of at least 4 members (excludes halogenated alkanes) is 1. The molecular weight excluding hydrogens is 379 g/mol. The average Bonchev–Trinajstić information content (AvgIpc) is 3.07. The van der Waals surface area contributed by atoms with Crippen LogP contribution in [0.3, 0.4) is 0 Å². The van der Waals surface area contributed by atoms with Crippen LogP contribution in [0.2, 0.25) is 0 Å². The van der Waals surface area contributed by atoms with Crippen LogP contribution in [0.4, 0.5) is 15.0 Å². The number of amides is 2. The van der Waals surface area contributed by atoms with Crippen molar-refractivity contribution in [3.63, 3.8) is 0 Å². The van der Waals surface area contributed by atoms with Crippen molar-refractivity contribution in [3.05, 3.63) is 47.4 Å². The number of aliphatic hydroxyl groups is 1. The molecule has 0 saturated carbocycles. The lowest BCUT2D eigenvalue weighted by Crippen LogP contribution is -2.31. The SMILES string of the molecule is CCCCC(O)Cn1ncc(C(=O)OCC)c1NC(=O)NCc1cccc(F)c1. The van der Waals surface area contributed by atoms with Crippen molar-refractivity contribution in [1.82, 2.24) is 15.1 Å². The summed E-state index contributed by atoms with van der Waals surface area (Å²) < 4.78 is 19.6. The van der Waals surface area contributed by atoms with E-state index >= 15 is 0 Å². The van der Waals surface area contributed by atoms with Crippen LogP contribution in [0.5, 0.6) is 0 Å². The van der Waals surface area contributed by atoms with Gasteiger partial charge in [-0.3, -0.25) is 5.32 Å². The van der Waals surface area contributed by atoms with Crippen LogP contribution in [-0.4, -0.2) is 39.6 Å². The Labute approximate surface area is 169 Å². The van der Waals surface area contributed by atoms with Crippen molar-refractivity contribution in [2.24, 2.45) is 0 Å². The van der Waals surface area contributed by atoms with Crippen molar-refractivity contribution in [1.29, 1.82) is 0 Å². The molecule has 0 aliphatic heterocycles. The van der Waals surface area contributed by atoms with Gasteiger partial charge >= 0.3 is 12.0 Å². The van der Waals surface area contributed by atoms with Crippen molar-refractivity contribution < 1.29 is 23.8 Å². The summed E-state index contributed by atoms with van der Waals surface area (Å²) in [6, 6.07) is 5.28. The molecule has 1 heterocycles. The number of hydrogen-bond acceptors (Lipinski definition) is 5. The summed E-state index contributed by atoms with van der Waals surface area (Å²) in [5.74, 6) is -0.883. The van der Waals surface area contributed by atoms with E-state index in [0.717, 1.165) is 12.8 Å². The highest BCUT2D eigenvalue weighted by molar-refractivity contribution is 5.99. The number of nitrogens with one attached hydrogen (secondary N) is 2. The van der Waals surface area contributed by atoms with Crippen LogP contribution in [0.15, 0.2) is 30.5 Å². The lowest BCUT2D eigenvalue weighted by Gasteiger charge is -2.15. The molecular formula is C20H27FN4O4. The number of aliphatic hydroxyl groups excluding tert-OH is 1. The molecule has 1 unspecified atom stereocenters. The number of rotatable bonds is 10. The van der Waals surface area contributed by atoms with E-state index in [4.69, 9.17) is 4.74 Å². The van der Waals surface area contributed by atoms with E-state index in [1.165, 1.54) is 23.0 Å². The molecule has 2 aromatic rings. The van der Waals surface area contributed by atoms with Gasteiger partial charge in [0.15, 0.2) is 0 Å². The number of nitrogens with zero attached hydrogens (tertiary/aromatic N) is 2. The number of carbonyl (C=O) groups excluding carboxylic acids is 2. The van der Waals surface area contributed by atoms with Crippen molar-refractivity contribution in [2.45, 2.75) is 52.3 Å². The molecule has 1 aromatic carbocycles. The second-order valence-electron chi connectivity index (χ2n) is 6.54. The van der Waals surface area contributed by atoms with Gasteiger partial charge in [0.2, 0.25) is 0 Å². The number of halogens is 1. The summed E-state index contributed by atoms with van der Waals surface area (Å²) in [6.07, 6.45) is 3.01. The Kier molecular flexibility index (Phi) is 8.60. The number of urea groups is 1. The Morgan fingerprint density at radius 2 is 2.14 bits per heavy atom. The molecule has 9 heteroatoms. The smallest absolute Gasteiger partial charge is 0.343 e. The first-order chi connectivity index (χ1) is 13.9. The molecule has 0 aliphatic rings. The predicted octanol–water partition coefficient (Wildman–Crippen LogP) is 3.07. The zero-order chi connectivity index (χ0) is 21.2. The lowest BCUT2D eigenvalue weighted by atomic mass is 10.1. The number of esters is 1. The first-order valence-electron chi connectivity index (χ1n) is 9.64. The first-order valence-corrected chi connectivity index (χ1v) is 9.64. The normalized spacial score (nSPS) is 11.7. The van der Waals surface area contributed by atoms with Gasteiger partial charge in [0.25, 0.3) is 0 Å². The first kappa shape index (κ1) is 22.4. The van der Waals surface area contributed by atoms with E-state index in [1.807, 2.05) is 6.92 Å². The minimum Gasteiger partial charge on any atom is -0.462 e. The molecule has 158 valence electrons. The van der Waals surface area contributed by atoms with E-state index in [-0.39, 0.29) is 31.1 Å². The Morgan fingerprint density at radius 3 is 2.83 bits per heavy atom. The Balaban J connectivity index is 2.10. The standard InChI is InChI=1S/C20H27FN4O4/c1-3-5-9-16(26)13-25-18(17(12-23-25)19(27)29-4-2)24-20(28)22-11-14-7-6-8-15(21)10-14/h6-8,10,12,16,26H,3-5,9,11,13H2,1-2H3,(H2,22,24,28). The molecule has 2 rings (SSSR count). The van der Waals surface area contributed by atoms with Crippen molar-refractivity contribution >= 4 is 17.8 Å². The van der Waals surface area contributed by atoms with E-state index in [1.54, 1.807) is 19.1 Å².